The second-order valence-corrected chi connectivity index (χ2v) is 13.2. The molecule has 3 aromatic rings. The van der Waals surface area contributed by atoms with Gasteiger partial charge in [-0.25, -0.2) is 9.59 Å². The van der Waals surface area contributed by atoms with E-state index in [2.05, 4.69) is 13.8 Å². The number of hydrogen-bond donors (Lipinski definition) is 0. The Bertz CT molecular complexity index is 1340. The van der Waals surface area contributed by atoms with E-state index in [1.54, 1.807) is 72.8 Å². The third-order valence-corrected chi connectivity index (χ3v) is 9.28. The predicted octanol–water partition coefficient (Wildman–Crippen LogP) is 7.33. The van der Waals surface area contributed by atoms with E-state index >= 15 is 0 Å². The largest absolute Gasteiger partial charge is 0.494 e. The van der Waals surface area contributed by atoms with Crippen LogP contribution >= 0.6 is 0 Å². The summed E-state index contributed by atoms with van der Waals surface area (Å²) >= 11 is 0. The van der Waals surface area contributed by atoms with Gasteiger partial charge in [-0.15, -0.1) is 0 Å². The van der Waals surface area contributed by atoms with E-state index in [0.717, 1.165) is 78.2 Å². The van der Waals surface area contributed by atoms with Crippen LogP contribution in [0.3, 0.4) is 0 Å². The summed E-state index contributed by atoms with van der Waals surface area (Å²) in [7, 11) is 0. The van der Waals surface area contributed by atoms with Crippen molar-refractivity contribution in [3.63, 3.8) is 0 Å². The van der Waals surface area contributed by atoms with Crippen molar-refractivity contribution in [3.05, 3.63) is 83.9 Å². The number of ether oxygens (including phenoxy) is 8. The molecular formula is C40H50O10. The second-order valence-electron chi connectivity index (χ2n) is 13.2. The van der Waals surface area contributed by atoms with Crippen LogP contribution < -0.4 is 18.9 Å². The third kappa shape index (κ3) is 11.0. The van der Waals surface area contributed by atoms with Crippen LogP contribution in [-0.2, 0) is 18.9 Å². The van der Waals surface area contributed by atoms with Crippen LogP contribution in [0.15, 0.2) is 72.8 Å². The van der Waals surface area contributed by atoms with Gasteiger partial charge in [0.2, 0.25) is 0 Å². The number of carbonyl (C=O) groups excluding carboxylic acids is 2. The molecule has 50 heavy (non-hydrogen) atoms. The summed E-state index contributed by atoms with van der Waals surface area (Å²) in [5.41, 5.74) is 1.22. The Balaban J connectivity index is 0.940. The van der Waals surface area contributed by atoms with E-state index < -0.39 is 11.9 Å². The first-order valence-corrected chi connectivity index (χ1v) is 17.7. The Labute approximate surface area is 295 Å². The first kappa shape index (κ1) is 37.3. The lowest BCUT2D eigenvalue weighted by molar-refractivity contribution is -0.150. The summed E-state index contributed by atoms with van der Waals surface area (Å²) in [6.45, 7) is 11.6. The second kappa shape index (κ2) is 18.9. The minimum atomic E-state index is -0.500. The van der Waals surface area contributed by atoms with Crippen molar-refractivity contribution in [2.24, 2.45) is 10.8 Å². The lowest BCUT2D eigenvalue weighted by Gasteiger charge is -2.40. The standard InChI is InChI=1S/C40H50O10/c1-3-39(27-45-28-39)25-43-21-5-7-23-47-33-13-9-31(10-14-33)37(41)49-35-17-19-36(20-18-35)50-38(42)32-11-15-34(16-12-32)48-24-8-6-22-44-26-40(4-2)29-46-30-40/h9-20H,3-8,21-30H2,1-2H3. The lowest BCUT2D eigenvalue weighted by Crippen LogP contribution is -2.45. The Morgan fingerprint density at radius 1 is 0.520 bits per heavy atom. The SMILES string of the molecule is CCC1(COCCCCOc2ccc(C(=O)Oc3ccc(OC(=O)c4ccc(OCCCCOCC5(CC)COC5)cc4)cc3)cc2)COC1. The minimum absolute atomic E-state index is 0.212. The number of esters is 2. The molecule has 0 atom stereocenters. The van der Waals surface area contributed by atoms with Crippen LogP contribution in [0.5, 0.6) is 23.0 Å². The molecule has 0 radical (unpaired) electrons. The monoisotopic (exact) mass is 690 g/mol. The molecule has 0 saturated carbocycles. The Hall–Kier alpha value is -3.96. The molecule has 0 unspecified atom stereocenters. The van der Waals surface area contributed by atoms with Gasteiger partial charge in [0.15, 0.2) is 0 Å². The van der Waals surface area contributed by atoms with Gasteiger partial charge in [-0.2, -0.15) is 0 Å². The number of carbonyl (C=O) groups is 2. The van der Waals surface area contributed by atoms with Crippen molar-refractivity contribution in [1.29, 1.82) is 0 Å². The quantitative estimate of drug-likeness (QED) is 0.0604. The van der Waals surface area contributed by atoms with Gasteiger partial charge in [-0.05, 0) is 111 Å². The van der Waals surface area contributed by atoms with Gasteiger partial charge in [-0.1, -0.05) is 13.8 Å². The van der Waals surface area contributed by atoms with Crippen molar-refractivity contribution in [2.45, 2.75) is 52.4 Å². The topological polar surface area (TPSA) is 108 Å². The summed E-state index contributed by atoms with van der Waals surface area (Å²) in [6.07, 6.45) is 5.73. The van der Waals surface area contributed by atoms with E-state index in [1.165, 1.54) is 0 Å². The molecule has 0 N–H and O–H groups in total. The first-order valence-electron chi connectivity index (χ1n) is 17.7. The zero-order valence-electron chi connectivity index (χ0n) is 29.3. The van der Waals surface area contributed by atoms with Crippen LogP contribution in [0.25, 0.3) is 0 Å². The zero-order chi connectivity index (χ0) is 35.1. The van der Waals surface area contributed by atoms with Crippen molar-refractivity contribution in [2.75, 3.05) is 66.1 Å². The summed E-state index contributed by atoms with van der Waals surface area (Å²) in [6, 6.07) is 20.0. The maximum Gasteiger partial charge on any atom is 0.343 e. The van der Waals surface area contributed by atoms with Crippen molar-refractivity contribution >= 4 is 11.9 Å². The van der Waals surface area contributed by atoms with Gasteiger partial charge < -0.3 is 37.9 Å². The van der Waals surface area contributed by atoms with E-state index in [0.29, 0.717) is 60.6 Å². The molecule has 270 valence electrons. The number of rotatable bonds is 22. The van der Waals surface area contributed by atoms with E-state index in [1.807, 2.05) is 0 Å². The summed E-state index contributed by atoms with van der Waals surface area (Å²) < 4.78 is 44.9. The molecule has 2 saturated heterocycles. The van der Waals surface area contributed by atoms with Gasteiger partial charge >= 0.3 is 11.9 Å². The maximum atomic E-state index is 12.7. The molecule has 2 heterocycles. The predicted molar refractivity (Wildman–Crippen MR) is 187 cm³/mol. The highest BCUT2D eigenvalue weighted by Crippen LogP contribution is 2.32. The number of unbranched alkanes of at least 4 members (excludes halogenated alkanes) is 2. The zero-order valence-corrected chi connectivity index (χ0v) is 29.3. The van der Waals surface area contributed by atoms with Crippen molar-refractivity contribution in [1.82, 2.24) is 0 Å². The molecule has 10 nitrogen and oxygen atoms in total. The average Bonchev–Trinajstić information content (AvgIpc) is 3.10. The third-order valence-electron chi connectivity index (χ3n) is 9.28. The molecule has 0 aromatic heterocycles. The van der Waals surface area contributed by atoms with Crippen LogP contribution in [0.4, 0.5) is 0 Å². The first-order chi connectivity index (χ1) is 24.4. The molecule has 0 aliphatic carbocycles. The van der Waals surface area contributed by atoms with Gasteiger partial charge in [0.1, 0.15) is 23.0 Å². The normalized spacial score (nSPS) is 15.7. The highest BCUT2D eigenvalue weighted by Gasteiger charge is 2.37. The number of hydrogen-bond acceptors (Lipinski definition) is 10. The smallest absolute Gasteiger partial charge is 0.343 e. The maximum absolute atomic E-state index is 12.7. The number of benzene rings is 3. The highest BCUT2D eigenvalue weighted by atomic mass is 16.5. The molecule has 2 aliphatic heterocycles. The molecule has 2 fully saturated rings. The minimum Gasteiger partial charge on any atom is -0.494 e. The summed E-state index contributed by atoms with van der Waals surface area (Å²) in [5, 5.41) is 0. The highest BCUT2D eigenvalue weighted by molar-refractivity contribution is 5.92. The van der Waals surface area contributed by atoms with Crippen molar-refractivity contribution in [3.8, 4) is 23.0 Å². The Morgan fingerprint density at radius 2 is 0.860 bits per heavy atom. The van der Waals surface area contributed by atoms with Gasteiger partial charge in [-0.3, -0.25) is 0 Å². The van der Waals surface area contributed by atoms with Crippen LogP contribution in [0, 0.1) is 10.8 Å². The van der Waals surface area contributed by atoms with E-state index in [4.69, 9.17) is 37.9 Å². The molecule has 0 amide bonds. The van der Waals surface area contributed by atoms with E-state index in [9.17, 15) is 9.59 Å². The fourth-order valence-electron chi connectivity index (χ4n) is 5.41. The summed E-state index contributed by atoms with van der Waals surface area (Å²) in [5.74, 6) is 1.03. The fraction of sp³-hybridized carbons (Fsp3) is 0.500. The molecule has 10 heteroatoms. The average molecular weight is 691 g/mol. The Morgan fingerprint density at radius 3 is 1.18 bits per heavy atom. The van der Waals surface area contributed by atoms with Crippen molar-refractivity contribution < 1.29 is 47.5 Å². The molecule has 0 bridgehead atoms. The molecule has 3 aromatic carbocycles. The lowest BCUT2D eigenvalue weighted by atomic mass is 9.84. The molecular weight excluding hydrogens is 640 g/mol. The van der Waals surface area contributed by atoms with Gasteiger partial charge in [0.25, 0.3) is 0 Å². The Kier molecular flexibility index (Phi) is 14.1. The van der Waals surface area contributed by atoms with Gasteiger partial charge in [0.05, 0.1) is 64.0 Å². The van der Waals surface area contributed by atoms with Crippen LogP contribution in [0.1, 0.15) is 73.1 Å². The molecule has 5 rings (SSSR count). The van der Waals surface area contributed by atoms with Crippen LogP contribution in [0.2, 0.25) is 0 Å². The fourth-order valence-corrected chi connectivity index (χ4v) is 5.41. The van der Waals surface area contributed by atoms with E-state index in [-0.39, 0.29) is 10.8 Å². The molecule has 0 spiro atoms. The van der Waals surface area contributed by atoms with Crippen LogP contribution in [-0.4, -0.2) is 78.0 Å². The van der Waals surface area contributed by atoms with Gasteiger partial charge in [0, 0.05) is 24.0 Å². The summed E-state index contributed by atoms with van der Waals surface area (Å²) in [4.78, 5) is 25.3. The molecule has 2 aliphatic rings.